The number of aromatic carboxylic acids is 1. The minimum absolute atomic E-state index is 0.0997. The summed E-state index contributed by atoms with van der Waals surface area (Å²) in [5, 5.41) is 8.94. The lowest BCUT2D eigenvalue weighted by atomic mass is 10.2. The van der Waals surface area contributed by atoms with Crippen LogP contribution in [0.1, 0.15) is 16.1 Å². The molecule has 1 aromatic heterocycles. The number of furan rings is 1. The van der Waals surface area contributed by atoms with Crippen molar-refractivity contribution < 1.29 is 27.5 Å². The molecule has 1 aromatic rings. The normalized spacial score (nSPS) is 18.4. The monoisotopic (exact) mass is 292 g/mol. The Morgan fingerprint density at radius 3 is 2.40 bits per heavy atom. The third-order valence-electron chi connectivity index (χ3n) is 3.21. The van der Waals surface area contributed by atoms with Crippen molar-refractivity contribution in [3.05, 3.63) is 23.7 Å². The van der Waals surface area contributed by atoms with E-state index in [-0.39, 0.29) is 5.56 Å². The second-order valence-corrected chi connectivity index (χ2v) is 4.73. The van der Waals surface area contributed by atoms with E-state index in [9.17, 15) is 18.0 Å². The Morgan fingerprint density at radius 2 is 1.85 bits per heavy atom. The highest BCUT2D eigenvalue weighted by Crippen LogP contribution is 2.19. The van der Waals surface area contributed by atoms with Crippen molar-refractivity contribution in [1.82, 2.24) is 9.80 Å². The molecule has 1 fully saturated rings. The van der Waals surface area contributed by atoms with Crippen LogP contribution in [0.25, 0.3) is 0 Å². The Hall–Kier alpha value is -1.54. The molecule has 0 spiro atoms. The molecule has 2 heterocycles. The lowest BCUT2D eigenvalue weighted by molar-refractivity contribution is -0.149. The maximum atomic E-state index is 12.2. The number of carboxylic acid groups (broad SMARTS) is 1. The van der Waals surface area contributed by atoms with Crippen molar-refractivity contribution in [3.8, 4) is 0 Å². The number of halogens is 3. The first-order valence-corrected chi connectivity index (χ1v) is 6.16. The average Bonchev–Trinajstić information content (AvgIpc) is 2.78. The molecule has 1 aliphatic heterocycles. The molecule has 1 aliphatic rings. The van der Waals surface area contributed by atoms with Gasteiger partial charge in [0.25, 0.3) is 0 Å². The van der Waals surface area contributed by atoms with Crippen LogP contribution in [0.15, 0.2) is 16.7 Å². The van der Waals surface area contributed by atoms with Gasteiger partial charge in [-0.2, -0.15) is 13.2 Å². The second-order valence-electron chi connectivity index (χ2n) is 4.73. The molecule has 112 valence electrons. The highest BCUT2D eigenvalue weighted by Gasteiger charge is 2.32. The molecule has 1 saturated heterocycles. The highest BCUT2D eigenvalue weighted by molar-refractivity contribution is 5.88. The van der Waals surface area contributed by atoms with Crippen LogP contribution in [0.4, 0.5) is 13.2 Å². The van der Waals surface area contributed by atoms with Crippen molar-refractivity contribution in [2.75, 3.05) is 32.7 Å². The summed E-state index contributed by atoms with van der Waals surface area (Å²) in [6.45, 7) is 0.924. The van der Waals surface area contributed by atoms with Crippen molar-refractivity contribution in [1.29, 1.82) is 0 Å². The molecule has 0 unspecified atom stereocenters. The number of hydrogen-bond acceptors (Lipinski definition) is 4. The zero-order chi connectivity index (χ0) is 14.8. The summed E-state index contributed by atoms with van der Waals surface area (Å²) in [5.74, 6) is -0.730. The SMILES string of the molecule is O=C(O)c1ccoc1CN1CCN(CC(F)(F)F)CC1. The molecule has 2 rings (SSSR count). The summed E-state index contributed by atoms with van der Waals surface area (Å²) in [7, 11) is 0. The fraction of sp³-hybridized carbons (Fsp3) is 0.583. The van der Waals surface area contributed by atoms with Crippen molar-refractivity contribution in [2.45, 2.75) is 12.7 Å². The first-order chi connectivity index (χ1) is 9.35. The van der Waals surface area contributed by atoms with Gasteiger partial charge in [-0.1, -0.05) is 0 Å². The summed E-state index contributed by atoms with van der Waals surface area (Å²) < 4.78 is 41.9. The predicted molar refractivity (Wildman–Crippen MR) is 63.4 cm³/mol. The van der Waals surface area contributed by atoms with E-state index in [0.29, 0.717) is 38.5 Å². The Kier molecular flexibility index (Phi) is 4.34. The Balaban J connectivity index is 1.85. The number of carbonyl (C=O) groups is 1. The summed E-state index contributed by atoms with van der Waals surface area (Å²) in [6.07, 6.45) is -2.88. The van der Waals surface area contributed by atoms with Crippen molar-refractivity contribution in [2.24, 2.45) is 0 Å². The molecule has 0 saturated carbocycles. The molecule has 8 heteroatoms. The summed E-state index contributed by atoms with van der Waals surface area (Å²) >= 11 is 0. The van der Waals surface area contributed by atoms with Gasteiger partial charge >= 0.3 is 12.1 Å². The lowest BCUT2D eigenvalue weighted by Gasteiger charge is -2.34. The van der Waals surface area contributed by atoms with E-state index in [4.69, 9.17) is 9.52 Å². The van der Waals surface area contributed by atoms with Gasteiger partial charge in [0.1, 0.15) is 11.3 Å². The van der Waals surface area contributed by atoms with Gasteiger partial charge in [-0.3, -0.25) is 9.80 Å². The van der Waals surface area contributed by atoms with Gasteiger partial charge in [-0.25, -0.2) is 4.79 Å². The number of piperazine rings is 1. The van der Waals surface area contributed by atoms with Gasteiger partial charge in [-0.15, -0.1) is 0 Å². The van der Waals surface area contributed by atoms with Crippen LogP contribution in [0, 0.1) is 0 Å². The number of carboxylic acids is 1. The van der Waals surface area contributed by atoms with Crippen LogP contribution in [0.3, 0.4) is 0 Å². The Morgan fingerprint density at radius 1 is 1.25 bits per heavy atom. The van der Waals surface area contributed by atoms with Gasteiger partial charge in [0.15, 0.2) is 0 Å². The largest absolute Gasteiger partial charge is 0.478 e. The van der Waals surface area contributed by atoms with Crippen LogP contribution in [0.2, 0.25) is 0 Å². The van der Waals surface area contributed by atoms with E-state index in [1.54, 1.807) is 0 Å². The Labute approximate surface area is 113 Å². The minimum Gasteiger partial charge on any atom is -0.478 e. The highest BCUT2D eigenvalue weighted by atomic mass is 19.4. The molecular weight excluding hydrogens is 277 g/mol. The van der Waals surface area contributed by atoms with Gasteiger partial charge in [0, 0.05) is 26.2 Å². The molecule has 0 aliphatic carbocycles. The topological polar surface area (TPSA) is 56.9 Å². The molecule has 0 amide bonds. The van der Waals surface area contributed by atoms with E-state index >= 15 is 0 Å². The van der Waals surface area contributed by atoms with E-state index in [1.165, 1.54) is 17.2 Å². The van der Waals surface area contributed by atoms with Crippen LogP contribution in [-0.2, 0) is 6.54 Å². The molecule has 1 N–H and O–H groups in total. The Bertz CT molecular complexity index is 465. The van der Waals surface area contributed by atoms with Crippen LogP contribution in [-0.4, -0.2) is 59.8 Å². The molecule has 0 radical (unpaired) electrons. The van der Waals surface area contributed by atoms with E-state index in [2.05, 4.69) is 0 Å². The molecule has 0 bridgehead atoms. The molecule has 0 aromatic carbocycles. The maximum absolute atomic E-state index is 12.2. The zero-order valence-electron chi connectivity index (χ0n) is 10.7. The zero-order valence-corrected chi connectivity index (χ0v) is 10.7. The van der Waals surface area contributed by atoms with Crippen LogP contribution < -0.4 is 0 Å². The fourth-order valence-corrected chi connectivity index (χ4v) is 2.22. The van der Waals surface area contributed by atoms with Crippen LogP contribution >= 0.6 is 0 Å². The average molecular weight is 292 g/mol. The van der Waals surface area contributed by atoms with Crippen molar-refractivity contribution >= 4 is 5.97 Å². The quantitative estimate of drug-likeness (QED) is 0.914. The second kappa shape index (κ2) is 5.84. The molecular formula is C12H15F3N2O3. The predicted octanol–water partition coefficient (Wildman–Crippen LogP) is 1.66. The number of alkyl halides is 3. The molecule has 0 atom stereocenters. The van der Waals surface area contributed by atoms with Gasteiger partial charge in [0.2, 0.25) is 0 Å². The van der Waals surface area contributed by atoms with Gasteiger partial charge in [0.05, 0.1) is 19.4 Å². The third kappa shape index (κ3) is 3.97. The maximum Gasteiger partial charge on any atom is 0.401 e. The van der Waals surface area contributed by atoms with E-state index in [0.717, 1.165) is 0 Å². The fourth-order valence-electron chi connectivity index (χ4n) is 2.22. The number of hydrogen-bond donors (Lipinski definition) is 1. The van der Waals surface area contributed by atoms with Gasteiger partial charge in [-0.05, 0) is 6.07 Å². The molecule has 5 nitrogen and oxygen atoms in total. The number of nitrogens with zero attached hydrogens (tertiary/aromatic N) is 2. The number of rotatable bonds is 4. The lowest BCUT2D eigenvalue weighted by Crippen LogP contribution is -2.48. The summed E-state index contributed by atoms with van der Waals surface area (Å²) in [5.41, 5.74) is 0.0997. The summed E-state index contributed by atoms with van der Waals surface area (Å²) in [6, 6.07) is 1.37. The van der Waals surface area contributed by atoms with Gasteiger partial charge < -0.3 is 9.52 Å². The smallest absolute Gasteiger partial charge is 0.401 e. The van der Waals surface area contributed by atoms with Crippen molar-refractivity contribution in [3.63, 3.8) is 0 Å². The standard InChI is InChI=1S/C12H15F3N2O3/c13-12(14,15)8-17-4-2-16(3-5-17)7-10-9(11(18)19)1-6-20-10/h1,6H,2-5,7-8H2,(H,18,19). The van der Waals surface area contributed by atoms with Crippen LogP contribution in [0.5, 0.6) is 0 Å². The first-order valence-electron chi connectivity index (χ1n) is 6.16. The third-order valence-corrected chi connectivity index (χ3v) is 3.21. The first kappa shape index (κ1) is 14.9. The minimum atomic E-state index is -4.18. The van der Waals surface area contributed by atoms with E-state index in [1.807, 2.05) is 4.90 Å². The van der Waals surface area contributed by atoms with E-state index < -0.39 is 18.7 Å². The summed E-state index contributed by atoms with van der Waals surface area (Å²) in [4.78, 5) is 14.2. The molecule has 20 heavy (non-hydrogen) atoms.